The number of anilines is 1. The summed E-state index contributed by atoms with van der Waals surface area (Å²) in [6.07, 6.45) is 6.14. The summed E-state index contributed by atoms with van der Waals surface area (Å²) in [4.78, 5) is 28.5. The molecule has 10 heteroatoms. The molecule has 5 aliphatic rings. The van der Waals surface area contributed by atoms with E-state index >= 15 is 0 Å². The molecule has 1 amide bonds. The molecule has 0 spiro atoms. The molecule has 4 atom stereocenters. The average Bonchev–Trinajstić information content (AvgIpc) is 3.46. The van der Waals surface area contributed by atoms with Crippen molar-refractivity contribution in [3.8, 4) is 12.1 Å². The Kier molecular flexibility index (Phi) is 8.49. The zero-order valence-corrected chi connectivity index (χ0v) is 25.6. The minimum Gasteiger partial charge on any atom is -0.462 e. The molecule has 2 bridgehead atoms. The molecular weight excluding hydrogens is 567 g/mol. The molecule has 1 saturated carbocycles. The highest BCUT2D eigenvalue weighted by Gasteiger charge is 2.49. The molecule has 4 heterocycles. The van der Waals surface area contributed by atoms with E-state index in [0.29, 0.717) is 49.6 Å². The monoisotopic (exact) mass is 604 g/mol. The van der Waals surface area contributed by atoms with Crippen LogP contribution < -0.4 is 9.64 Å². The van der Waals surface area contributed by atoms with Crippen molar-refractivity contribution in [1.82, 2.24) is 19.8 Å². The van der Waals surface area contributed by atoms with Gasteiger partial charge in [0.25, 0.3) is 5.91 Å². The van der Waals surface area contributed by atoms with Gasteiger partial charge in [-0.05, 0) is 69.5 Å². The van der Waals surface area contributed by atoms with Gasteiger partial charge in [0.2, 0.25) is 0 Å². The van der Waals surface area contributed by atoms with Crippen molar-refractivity contribution < 1.29 is 13.9 Å². The lowest BCUT2D eigenvalue weighted by Gasteiger charge is -2.42. The maximum absolute atomic E-state index is 13.8. The Labute approximate surface area is 258 Å². The second kappa shape index (κ2) is 12.3. The zero-order chi connectivity index (χ0) is 30.2. The number of fused-ring (bicyclic) bond motifs is 2. The molecule has 2 aromatic rings. The highest BCUT2D eigenvalue weighted by molar-refractivity contribution is 6.31. The molecule has 226 valence electrons. The first kappa shape index (κ1) is 29.7. The number of aromatic nitrogens is 2. The number of carbonyl (C=O) groups excluding carboxylic acids is 1. The molecule has 2 aliphatic carbocycles. The lowest BCUT2D eigenvalue weighted by molar-refractivity contribution is -0.131. The predicted molar refractivity (Wildman–Crippen MR) is 161 cm³/mol. The number of piperazine rings is 1. The van der Waals surface area contributed by atoms with Gasteiger partial charge in [-0.1, -0.05) is 37.2 Å². The number of carbonyl (C=O) groups is 1. The number of halogens is 2. The fourth-order valence-electron chi connectivity index (χ4n) is 7.57. The van der Waals surface area contributed by atoms with Gasteiger partial charge in [-0.15, -0.1) is 0 Å². The molecule has 1 aromatic heterocycles. The van der Waals surface area contributed by atoms with Gasteiger partial charge >= 0.3 is 6.01 Å². The van der Waals surface area contributed by atoms with Crippen LogP contribution in [0.2, 0.25) is 5.02 Å². The van der Waals surface area contributed by atoms with Crippen LogP contribution in [-0.2, 0) is 17.6 Å². The third-order valence-corrected chi connectivity index (χ3v) is 10.6. The van der Waals surface area contributed by atoms with Gasteiger partial charge in [0.1, 0.15) is 12.4 Å². The summed E-state index contributed by atoms with van der Waals surface area (Å²) >= 11 is 6.41. The quantitative estimate of drug-likeness (QED) is 0.376. The number of amides is 1. The molecule has 0 radical (unpaired) electrons. The minimum atomic E-state index is -1.01. The van der Waals surface area contributed by atoms with Crippen molar-refractivity contribution in [2.75, 3.05) is 38.2 Å². The molecule has 0 N–H and O–H groups in total. The van der Waals surface area contributed by atoms with Crippen LogP contribution in [0, 0.1) is 35.3 Å². The molecule has 3 aliphatic heterocycles. The van der Waals surface area contributed by atoms with E-state index in [0.717, 1.165) is 53.3 Å². The first-order chi connectivity index (χ1) is 20.7. The van der Waals surface area contributed by atoms with Gasteiger partial charge in [0.05, 0.1) is 29.2 Å². The number of ether oxygens (including phenoxy) is 1. The Morgan fingerprint density at radius 3 is 2.84 bits per heavy atom. The van der Waals surface area contributed by atoms with E-state index in [1.807, 2.05) is 6.07 Å². The number of rotatable bonds is 9. The second-order valence-electron chi connectivity index (χ2n) is 12.5. The van der Waals surface area contributed by atoms with Gasteiger partial charge in [0.15, 0.2) is 5.83 Å². The number of likely N-dealkylation sites (N-methyl/N-ethyl adjacent to an activating group) is 1. The largest absolute Gasteiger partial charge is 0.462 e. The molecule has 4 fully saturated rings. The van der Waals surface area contributed by atoms with E-state index in [2.05, 4.69) is 48.6 Å². The number of nitrogens with zero attached hydrogens (tertiary/aromatic N) is 6. The first-order valence-corrected chi connectivity index (χ1v) is 15.7. The molecule has 43 heavy (non-hydrogen) atoms. The second-order valence-corrected chi connectivity index (χ2v) is 13.0. The highest BCUT2D eigenvalue weighted by atomic mass is 35.5. The van der Waals surface area contributed by atoms with Gasteiger partial charge in [0, 0.05) is 48.8 Å². The van der Waals surface area contributed by atoms with E-state index in [9.17, 15) is 14.4 Å². The van der Waals surface area contributed by atoms with Crippen LogP contribution in [0.3, 0.4) is 0 Å². The van der Waals surface area contributed by atoms with Crippen LogP contribution in [0.4, 0.5) is 10.2 Å². The molecule has 1 unspecified atom stereocenters. The lowest BCUT2D eigenvalue weighted by Crippen LogP contribution is -2.55. The Bertz CT molecular complexity index is 1420. The molecular formula is C33H38ClFN6O2. The third-order valence-electron chi connectivity index (χ3n) is 10.3. The Morgan fingerprint density at radius 1 is 1.33 bits per heavy atom. The van der Waals surface area contributed by atoms with Crippen LogP contribution in [0.1, 0.15) is 61.8 Å². The SMILES string of the molecule is C=C(F)C(=O)N1CCN(c2nc(OCC3C4CC(C4)N3C)nc3c2CC[C@@H](CCc2c#cccc2Cl)[C@H]3C)C[C@@H]1CC#N. The lowest BCUT2D eigenvalue weighted by atomic mass is 9.76. The third kappa shape index (κ3) is 5.78. The van der Waals surface area contributed by atoms with Crippen molar-refractivity contribution in [3.05, 3.63) is 58.5 Å². The zero-order valence-electron chi connectivity index (χ0n) is 24.9. The van der Waals surface area contributed by atoms with Gasteiger partial charge < -0.3 is 14.5 Å². The maximum atomic E-state index is 13.8. The summed E-state index contributed by atoms with van der Waals surface area (Å²) in [6, 6.07) is 12.9. The standard InChI is InChI=1S/C33H38ClFN6O2/c1-20-22(8-9-23-6-4-5-7-28(23)34)10-11-27-30(20)37-33(43-19-29-24-16-26(17-24)39(29)3)38-31(27)40-14-15-41(32(42)21(2)35)25(18-40)12-13-36/h5,7,20,22,24-26,29H,2,8-12,14-19H2,1,3H3/t20-,22-,24?,25+,26?,29?/m1/s1. The predicted octanol–water partition coefficient (Wildman–Crippen LogP) is 4.91. The molecule has 7 rings (SSSR count). The summed E-state index contributed by atoms with van der Waals surface area (Å²) in [5.41, 5.74) is 3.09. The maximum Gasteiger partial charge on any atom is 0.318 e. The van der Waals surface area contributed by atoms with E-state index < -0.39 is 17.8 Å². The number of nitriles is 1. The van der Waals surface area contributed by atoms with E-state index in [4.69, 9.17) is 26.3 Å². The van der Waals surface area contributed by atoms with Crippen molar-refractivity contribution in [2.24, 2.45) is 11.8 Å². The highest BCUT2D eigenvalue weighted by Crippen LogP contribution is 2.45. The van der Waals surface area contributed by atoms with Crippen LogP contribution in [0.25, 0.3) is 0 Å². The van der Waals surface area contributed by atoms with Crippen molar-refractivity contribution in [2.45, 2.75) is 75.9 Å². The van der Waals surface area contributed by atoms with Crippen molar-refractivity contribution >= 4 is 23.3 Å². The van der Waals surface area contributed by atoms with Crippen LogP contribution >= 0.6 is 11.6 Å². The minimum absolute atomic E-state index is 0.0949. The molecule has 3 saturated heterocycles. The summed E-state index contributed by atoms with van der Waals surface area (Å²) in [5.74, 6) is 0.284. The van der Waals surface area contributed by atoms with Gasteiger partial charge in [-0.25, -0.2) is 4.39 Å². The topological polar surface area (TPSA) is 85.6 Å². The normalized spacial score (nSPS) is 28.0. The smallest absolute Gasteiger partial charge is 0.318 e. The Balaban J connectivity index is 1.27. The molecule has 8 nitrogen and oxygen atoms in total. The van der Waals surface area contributed by atoms with Gasteiger partial charge in [-0.2, -0.15) is 15.2 Å². The van der Waals surface area contributed by atoms with E-state index in [1.165, 1.54) is 17.7 Å². The summed E-state index contributed by atoms with van der Waals surface area (Å²) in [5, 5.41) is 10.2. The first-order valence-electron chi connectivity index (χ1n) is 15.3. The van der Waals surface area contributed by atoms with Crippen LogP contribution in [0.15, 0.2) is 24.5 Å². The van der Waals surface area contributed by atoms with Crippen LogP contribution in [0.5, 0.6) is 6.01 Å². The van der Waals surface area contributed by atoms with Crippen molar-refractivity contribution in [1.29, 1.82) is 5.26 Å². The van der Waals surface area contributed by atoms with E-state index in [-0.39, 0.29) is 18.9 Å². The van der Waals surface area contributed by atoms with Gasteiger partial charge in [-0.3, -0.25) is 9.69 Å². The summed E-state index contributed by atoms with van der Waals surface area (Å²) < 4.78 is 20.2. The average molecular weight is 605 g/mol. The van der Waals surface area contributed by atoms with Crippen LogP contribution in [-0.4, -0.2) is 77.1 Å². The Morgan fingerprint density at radius 2 is 2.14 bits per heavy atom. The number of hydrogen-bond donors (Lipinski definition) is 0. The summed E-state index contributed by atoms with van der Waals surface area (Å²) in [7, 11) is 2.17. The Hall–Kier alpha value is -3.40. The number of hydrogen-bond acceptors (Lipinski definition) is 7. The fraction of sp³-hybridized carbons (Fsp3) is 0.576. The van der Waals surface area contributed by atoms with Crippen molar-refractivity contribution in [3.63, 3.8) is 0 Å². The van der Waals surface area contributed by atoms with E-state index in [1.54, 1.807) is 6.07 Å². The molecule has 1 aromatic carbocycles. The summed E-state index contributed by atoms with van der Waals surface area (Å²) in [6.45, 7) is 7.09. The fourth-order valence-corrected chi connectivity index (χ4v) is 7.77.